The number of nitrogens with zero attached hydrogens (tertiary/aromatic N) is 3. The average Bonchev–Trinajstić information content (AvgIpc) is 2.97. The molecular weight excluding hydrogens is 246 g/mol. The van der Waals surface area contributed by atoms with Crippen molar-refractivity contribution in [1.29, 1.82) is 0 Å². The monoisotopic (exact) mass is 267 g/mol. The quantitative estimate of drug-likeness (QED) is 0.753. The Labute approximate surface area is 113 Å². The van der Waals surface area contributed by atoms with E-state index in [1.54, 1.807) is 0 Å². The average molecular weight is 267 g/mol. The lowest BCUT2D eigenvalue weighted by Crippen LogP contribution is -2.35. The van der Waals surface area contributed by atoms with Crippen LogP contribution < -0.4 is 0 Å². The normalized spacial score (nSPS) is 17.9. The molecule has 106 valence electrons. The maximum atomic E-state index is 12.2. The second kappa shape index (κ2) is 5.69. The van der Waals surface area contributed by atoms with Crippen LogP contribution >= 0.6 is 0 Å². The largest absolute Gasteiger partial charge is 0.465 e. The standard InChI is InChI=1S/C13H21N3O3/c1-4-18-12(17)13(7-5-6-8-13)11-14-10(15-19-11)9-16(2)3/h4-9H2,1-3H3. The summed E-state index contributed by atoms with van der Waals surface area (Å²) >= 11 is 0. The Hall–Kier alpha value is -1.43. The Morgan fingerprint density at radius 1 is 1.42 bits per heavy atom. The van der Waals surface area contributed by atoms with Crippen LogP contribution in [0.2, 0.25) is 0 Å². The molecule has 0 amide bonds. The molecule has 6 nitrogen and oxygen atoms in total. The number of carbonyl (C=O) groups is 1. The van der Waals surface area contributed by atoms with Gasteiger partial charge in [0, 0.05) is 0 Å². The lowest BCUT2D eigenvalue weighted by atomic mass is 9.86. The van der Waals surface area contributed by atoms with E-state index in [0.717, 1.165) is 25.7 Å². The summed E-state index contributed by atoms with van der Waals surface area (Å²) < 4.78 is 10.5. The first-order chi connectivity index (χ1) is 9.08. The summed E-state index contributed by atoms with van der Waals surface area (Å²) in [7, 11) is 3.87. The number of rotatable bonds is 5. The van der Waals surface area contributed by atoms with Gasteiger partial charge in [-0.05, 0) is 33.9 Å². The number of esters is 1. The van der Waals surface area contributed by atoms with Gasteiger partial charge in [-0.15, -0.1) is 0 Å². The van der Waals surface area contributed by atoms with Gasteiger partial charge in [-0.3, -0.25) is 4.79 Å². The minimum Gasteiger partial charge on any atom is -0.465 e. The number of hydrogen-bond donors (Lipinski definition) is 0. The number of ether oxygens (including phenoxy) is 1. The summed E-state index contributed by atoms with van der Waals surface area (Å²) in [6, 6.07) is 0. The van der Waals surface area contributed by atoms with Gasteiger partial charge in [-0.25, -0.2) is 0 Å². The summed E-state index contributed by atoms with van der Waals surface area (Å²) in [6.45, 7) is 2.79. The van der Waals surface area contributed by atoms with Crippen LogP contribution in [0.4, 0.5) is 0 Å². The van der Waals surface area contributed by atoms with Gasteiger partial charge in [0.15, 0.2) is 5.82 Å². The van der Waals surface area contributed by atoms with Crippen molar-refractivity contribution < 1.29 is 14.1 Å². The Kier molecular flexibility index (Phi) is 4.19. The summed E-state index contributed by atoms with van der Waals surface area (Å²) in [5.74, 6) is 0.795. The molecule has 1 aliphatic carbocycles. The highest BCUT2D eigenvalue weighted by molar-refractivity contribution is 5.82. The van der Waals surface area contributed by atoms with E-state index in [2.05, 4.69) is 10.1 Å². The molecule has 1 aromatic heterocycles. The number of hydrogen-bond acceptors (Lipinski definition) is 6. The van der Waals surface area contributed by atoms with E-state index in [0.29, 0.717) is 24.9 Å². The molecule has 1 aromatic rings. The zero-order valence-electron chi connectivity index (χ0n) is 11.8. The molecule has 0 unspecified atom stereocenters. The zero-order valence-corrected chi connectivity index (χ0v) is 11.8. The minimum atomic E-state index is -0.715. The second-order valence-corrected chi connectivity index (χ2v) is 5.26. The van der Waals surface area contributed by atoms with Gasteiger partial charge in [-0.1, -0.05) is 18.0 Å². The van der Waals surface area contributed by atoms with E-state index in [-0.39, 0.29) is 5.97 Å². The molecule has 19 heavy (non-hydrogen) atoms. The highest BCUT2D eigenvalue weighted by Crippen LogP contribution is 2.41. The van der Waals surface area contributed by atoms with Crippen molar-refractivity contribution in [2.45, 2.75) is 44.6 Å². The first kappa shape index (κ1) is 14.0. The van der Waals surface area contributed by atoms with Crippen molar-refractivity contribution in [3.05, 3.63) is 11.7 Å². The molecule has 1 heterocycles. The van der Waals surface area contributed by atoms with Crippen molar-refractivity contribution in [3.63, 3.8) is 0 Å². The third kappa shape index (κ3) is 2.78. The van der Waals surface area contributed by atoms with E-state index >= 15 is 0 Å². The molecule has 2 rings (SSSR count). The van der Waals surface area contributed by atoms with Gasteiger partial charge < -0.3 is 14.2 Å². The zero-order chi connectivity index (χ0) is 13.9. The molecule has 0 saturated heterocycles. The first-order valence-electron chi connectivity index (χ1n) is 6.73. The van der Waals surface area contributed by atoms with Gasteiger partial charge in [0.1, 0.15) is 5.41 Å². The van der Waals surface area contributed by atoms with E-state index in [1.807, 2.05) is 25.9 Å². The van der Waals surface area contributed by atoms with Crippen molar-refractivity contribution in [2.24, 2.45) is 0 Å². The van der Waals surface area contributed by atoms with Gasteiger partial charge in [-0.2, -0.15) is 4.98 Å². The minimum absolute atomic E-state index is 0.229. The predicted octanol–water partition coefficient (Wildman–Crippen LogP) is 1.51. The molecule has 1 saturated carbocycles. The SMILES string of the molecule is CCOC(=O)C1(c2nc(CN(C)C)no2)CCCC1. The highest BCUT2D eigenvalue weighted by atomic mass is 16.5. The molecule has 0 atom stereocenters. The molecule has 0 bridgehead atoms. The predicted molar refractivity (Wildman–Crippen MR) is 68.5 cm³/mol. The van der Waals surface area contributed by atoms with Gasteiger partial charge >= 0.3 is 5.97 Å². The Bertz CT molecular complexity index is 436. The smallest absolute Gasteiger partial charge is 0.321 e. The van der Waals surface area contributed by atoms with Crippen LogP contribution in [0, 0.1) is 0 Å². The molecule has 0 N–H and O–H groups in total. The van der Waals surface area contributed by atoms with Crippen LogP contribution in [0.25, 0.3) is 0 Å². The highest BCUT2D eigenvalue weighted by Gasteiger charge is 2.49. The van der Waals surface area contributed by atoms with Crippen molar-refractivity contribution in [1.82, 2.24) is 15.0 Å². The maximum Gasteiger partial charge on any atom is 0.321 e. The Balaban J connectivity index is 2.24. The lowest BCUT2D eigenvalue weighted by molar-refractivity contribution is -0.151. The fourth-order valence-corrected chi connectivity index (χ4v) is 2.55. The number of aromatic nitrogens is 2. The molecular formula is C13H21N3O3. The van der Waals surface area contributed by atoms with E-state index < -0.39 is 5.41 Å². The first-order valence-corrected chi connectivity index (χ1v) is 6.73. The topological polar surface area (TPSA) is 68.5 Å². The van der Waals surface area contributed by atoms with Crippen LogP contribution in [-0.4, -0.2) is 41.7 Å². The van der Waals surface area contributed by atoms with Crippen molar-refractivity contribution in [3.8, 4) is 0 Å². The van der Waals surface area contributed by atoms with Crippen molar-refractivity contribution in [2.75, 3.05) is 20.7 Å². The van der Waals surface area contributed by atoms with Gasteiger partial charge in [0.25, 0.3) is 0 Å². The van der Waals surface area contributed by atoms with Crippen LogP contribution in [0.3, 0.4) is 0 Å². The Morgan fingerprint density at radius 2 is 2.11 bits per heavy atom. The summed E-state index contributed by atoms with van der Waals surface area (Å²) in [5.41, 5.74) is -0.715. The fraction of sp³-hybridized carbons (Fsp3) is 0.769. The third-order valence-corrected chi connectivity index (χ3v) is 3.46. The fourth-order valence-electron chi connectivity index (χ4n) is 2.55. The summed E-state index contributed by atoms with van der Waals surface area (Å²) in [5, 5.41) is 3.95. The second-order valence-electron chi connectivity index (χ2n) is 5.26. The van der Waals surface area contributed by atoms with Crippen LogP contribution in [0.5, 0.6) is 0 Å². The Morgan fingerprint density at radius 3 is 2.68 bits per heavy atom. The van der Waals surface area contributed by atoms with E-state index in [4.69, 9.17) is 9.26 Å². The van der Waals surface area contributed by atoms with Crippen LogP contribution in [0.15, 0.2) is 4.52 Å². The van der Waals surface area contributed by atoms with Gasteiger partial charge in [0.05, 0.1) is 13.2 Å². The maximum absolute atomic E-state index is 12.2. The third-order valence-electron chi connectivity index (χ3n) is 3.46. The molecule has 0 aromatic carbocycles. The van der Waals surface area contributed by atoms with Crippen LogP contribution in [0.1, 0.15) is 44.3 Å². The molecule has 0 radical (unpaired) electrons. The summed E-state index contributed by atoms with van der Waals surface area (Å²) in [4.78, 5) is 18.6. The molecule has 0 spiro atoms. The van der Waals surface area contributed by atoms with Gasteiger partial charge in [0.2, 0.25) is 5.89 Å². The van der Waals surface area contributed by atoms with Crippen LogP contribution in [-0.2, 0) is 21.5 Å². The van der Waals surface area contributed by atoms with Crippen molar-refractivity contribution >= 4 is 5.97 Å². The van der Waals surface area contributed by atoms with E-state index in [1.165, 1.54) is 0 Å². The lowest BCUT2D eigenvalue weighted by Gasteiger charge is -2.21. The molecule has 0 aliphatic heterocycles. The number of carbonyl (C=O) groups excluding carboxylic acids is 1. The molecule has 1 aliphatic rings. The van der Waals surface area contributed by atoms with E-state index in [9.17, 15) is 4.79 Å². The molecule has 6 heteroatoms. The summed E-state index contributed by atoms with van der Waals surface area (Å²) in [6.07, 6.45) is 3.44. The molecule has 1 fully saturated rings.